The molecule has 114 valence electrons. The third-order valence-electron chi connectivity index (χ3n) is 3.20. The lowest BCUT2D eigenvalue weighted by Gasteiger charge is -2.17. The van der Waals surface area contributed by atoms with Gasteiger partial charge in [0.2, 0.25) is 5.91 Å². The first-order chi connectivity index (χ1) is 10.1. The molecule has 0 saturated carbocycles. The highest BCUT2D eigenvalue weighted by atomic mass is 19.1. The smallest absolute Gasteiger partial charge is 0.315 e. The Bertz CT molecular complexity index is 524. The van der Waals surface area contributed by atoms with Crippen LogP contribution in [0.5, 0.6) is 0 Å². The number of halogens is 1. The molecular formula is C14H18FN3O3. The number of nitrogens with one attached hydrogen (secondary N) is 2. The Morgan fingerprint density at radius 1 is 1.48 bits per heavy atom. The highest BCUT2D eigenvalue weighted by Crippen LogP contribution is 2.22. The summed E-state index contributed by atoms with van der Waals surface area (Å²) in [5.41, 5.74) is 0.491. The van der Waals surface area contributed by atoms with Gasteiger partial charge in [0.15, 0.2) is 0 Å². The molecule has 0 aliphatic carbocycles. The molecule has 3 amide bonds. The molecular weight excluding hydrogens is 277 g/mol. The number of urea groups is 1. The van der Waals surface area contributed by atoms with Gasteiger partial charge >= 0.3 is 6.03 Å². The number of benzene rings is 1. The Labute approximate surface area is 121 Å². The molecule has 21 heavy (non-hydrogen) atoms. The molecule has 1 saturated heterocycles. The summed E-state index contributed by atoms with van der Waals surface area (Å²) in [7, 11) is 0. The molecule has 0 aromatic heterocycles. The molecule has 0 spiro atoms. The molecule has 1 aromatic rings. The van der Waals surface area contributed by atoms with Gasteiger partial charge in [0.25, 0.3) is 0 Å². The second-order valence-corrected chi connectivity index (χ2v) is 4.86. The number of anilines is 1. The van der Waals surface area contributed by atoms with E-state index in [1.165, 1.54) is 17.0 Å². The number of carbonyl (C=O) groups excluding carboxylic acids is 2. The van der Waals surface area contributed by atoms with Crippen LogP contribution in [0.1, 0.15) is 12.8 Å². The maximum atomic E-state index is 13.2. The molecule has 1 aromatic carbocycles. The minimum Gasteiger partial charge on any atom is -0.396 e. The first kappa shape index (κ1) is 15.2. The number of aliphatic hydroxyl groups excluding tert-OH is 1. The van der Waals surface area contributed by atoms with Crippen molar-refractivity contribution in [1.29, 1.82) is 0 Å². The van der Waals surface area contributed by atoms with Crippen molar-refractivity contribution < 1.29 is 19.1 Å². The van der Waals surface area contributed by atoms with Crippen molar-refractivity contribution in [2.45, 2.75) is 18.9 Å². The third-order valence-corrected chi connectivity index (χ3v) is 3.20. The lowest BCUT2D eigenvalue weighted by Crippen LogP contribution is -2.43. The zero-order chi connectivity index (χ0) is 15.2. The number of rotatable bonds is 5. The van der Waals surface area contributed by atoms with Gasteiger partial charge in [0.1, 0.15) is 5.82 Å². The maximum absolute atomic E-state index is 13.2. The first-order valence-electron chi connectivity index (χ1n) is 6.81. The SMILES string of the molecule is O=C(NCCCO)N[C@@H]1CC(=O)N(c2cccc(F)c2)C1. The average molecular weight is 295 g/mol. The number of hydrogen-bond donors (Lipinski definition) is 3. The number of amides is 3. The van der Waals surface area contributed by atoms with Crippen LogP contribution in [0.4, 0.5) is 14.9 Å². The van der Waals surface area contributed by atoms with E-state index < -0.39 is 5.82 Å². The predicted molar refractivity (Wildman–Crippen MR) is 75.4 cm³/mol. The van der Waals surface area contributed by atoms with Crippen LogP contribution in [0.2, 0.25) is 0 Å². The van der Waals surface area contributed by atoms with Crippen LogP contribution in [-0.2, 0) is 4.79 Å². The van der Waals surface area contributed by atoms with Crippen molar-refractivity contribution in [2.24, 2.45) is 0 Å². The van der Waals surface area contributed by atoms with Crippen LogP contribution in [0.25, 0.3) is 0 Å². The van der Waals surface area contributed by atoms with E-state index >= 15 is 0 Å². The van der Waals surface area contributed by atoms with Crippen LogP contribution in [0.15, 0.2) is 24.3 Å². The maximum Gasteiger partial charge on any atom is 0.315 e. The average Bonchev–Trinajstić information content (AvgIpc) is 2.80. The second kappa shape index (κ2) is 7.03. The molecule has 1 aliphatic heterocycles. The van der Waals surface area contributed by atoms with E-state index in [0.717, 1.165) is 0 Å². The highest BCUT2D eigenvalue weighted by Gasteiger charge is 2.31. The number of aliphatic hydroxyl groups is 1. The molecule has 0 radical (unpaired) electrons. The quantitative estimate of drug-likeness (QED) is 0.696. The lowest BCUT2D eigenvalue weighted by atomic mass is 10.2. The standard InChI is InChI=1S/C14H18FN3O3/c15-10-3-1-4-12(7-10)18-9-11(8-13(18)20)17-14(21)16-5-2-6-19/h1,3-4,7,11,19H,2,5-6,8-9H2,(H2,16,17,21)/t11-/m1/s1. The zero-order valence-electron chi connectivity index (χ0n) is 11.5. The summed E-state index contributed by atoms with van der Waals surface area (Å²) >= 11 is 0. The van der Waals surface area contributed by atoms with E-state index in [1.54, 1.807) is 12.1 Å². The molecule has 1 fully saturated rings. The molecule has 0 unspecified atom stereocenters. The summed E-state index contributed by atoms with van der Waals surface area (Å²) in [6.45, 7) is 0.696. The van der Waals surface area contributed by atoms with Crippen LogP contribution < -0.4 is 15.5 Å². The number of nitrogens with zero attached hydrogens (tertiary/aromatic N) is 1. The predicted octanol–water partition coefficient (Wildman–Crippen LogP) is 0.613. The summed E-state index contributed by atoms with van der Waals surface area (Å²) < 4.78 is 13.2. The number of carbonyl (C=O) groups is 2. The van der Waals surface area contributed by atoms with Crippen molar-refractivity contribution in [1.82, 2.24) is 10.6 Å². The number of hydrogen-bond acceptors (Lipinski definition) is 3. The van der Waals surface area contributed by atoms with Crippen LogP contribution in [0.3, 0.4) is 0 Å². The van der Waals surface area contributed by atoms with E-state index in [2.05, 4.69) is 10.6 Å². The molecule has 1 heterocycles. The summed E-state index contributed by atoms with van der Waals surface area (Å²) in [4.78, 5) is 25.0. The van der Waals surface area contributed by atoms with Crippen LogP contribution in [0, 0.1) is 5.82 Å². The minimum absolute atomic E-state index is 0.00947. The van der Waals surface area contributed by atoms with Crippen molar-refractivity contribution in [3.8, 4) is 0 Å². The fourth-order valence-corrected chi connectivity index (χ4v) is 2.22. The van der Waals surface area contributed by atoms with Gasteiger partial charge in [-0.2, -0.15) is 0 Å². The molecule has 3 N–H and O–H groups in total. The Kier molecular flexibility index (Phi) is 5.10. The zero-order valence-corrected chi connectivity index (χ0v) is 11.5. The Balaban J connectivity index is 1.89. The second-order valence-electron chi connectivity index (χ2n) is 4.86. The molecule has 2 rings (SSSR count). The van der Waals surface area contributed by atoms with E-state index in [9.17, 15) is 14.0 Å². The Hall–Kier alpha value is -2.15. The summed E-state index contributed by atoms with van der Waals surface area (Å²) in [6, 6.07) is 5.12. The third kappa shape index (κ3) is 4.16. The van der Waals surface area contributed by atoms with Gasteiger partial charge in [0.05, 0.1) is 6.04 Å². The molecule has 7 heteroatoms. The monoisotopic (exact) mass is 295 g/mol. The normalized spacial score (nSPS) is 17.9. The van der Waals surface area contributed by atoms with E-state index in [1.807, 2.05) is 0 Å². The van der Waals surface area contributed by atoms with E-state index in [4.69, 9.17) is 5.11 Å². The minimum atomic E-state index is -0.404. The summed E-state index contributed by atoms with van der Waals surface area (Å²) in [5, 5.41) is 13.9. The van der Waals surface area contributed by atoms with Crippen LogP contribution >= 0.6 is 0 Å². The molecule has 1 aliphatic rings. The summed E-state index contributed by atoms with van der Waals surface area (Å²) in [5.74, 6) is -0.556. The fourth-order valence-electron chi connectivity index (χ4n) is 2.22. The highest BCUT2D eigenvalue weighted by molar-refractivity contribution is 5.96. The van der Waals surface area contributed by atoms with Gasteiger partial charge in [-0.3, -0.25) is 4.79 Å². The summed E-state index contributed by atoms with van der Waals surface area (Å²) in [6.07, 6.45) is 0.663. The van der Waals surface area contributed by atoms with Crippen molar-refractivity contribution >= 4 is 17.6 Å². The van der Waals surface area contributed by atoms with Gasteiger partial charge in [-0.25, -0.2) is 9.18 Å². The van der Waals surface area contributed by atoms with Crippen LogP contribution in [-0.4, -0.2) is 42.8 Å². The Morgan fingerprint density at radius 2 is 2.29 bits per heavy atom. The first-order valence-corrected chi connectivity index (χ1v) is 6.81. The van der Waals surface area contributed by atoms with Crippen molar-refractivity contribution in [3.63, 3.8) is 0 Å². The Morgan fingerprint density at radius 3 is 3.00 bits per heavy atom. The van der Waals surface area contributed by atoms with Gasteiger partial charge in [-0.15, -0.1) is 0 Å². The van der Waals surface area contributed by atoms with E-state index in [0.29, 0.717) is 25.2 Å². The van der Waals surface area contributed by atoms with Gasteiger partial charge in [-0.1, -0.05) is 6.07 Å². The fraction of sp³-hybridized carbons (Fsp3) is 0.429. The largest absolute Gasteiger partial charge is 0.396 e. The van der Waals surface area contributed by atoms with Gasteiger partial charge < -0.3 is 20.6 Å². The topological polar surface area (TPSA) is 81.7 Å². The molecule has 1 atom stereocenters. The van der Waals surface area contributed by atoms with Crippen molar-refractivity contribution in [3.05, 3.63) is 30.1 Å². The molecule has 0 bridgehead atoms. The van der Waals surface area contributed by atoms with Gasteiger partial charge in [-0.05, 0) is 24.6 Å². The lowest BCUT2D eigenvalue weighted by molar-refractivity contribution is -0.117. The van der Waals surface area contributed by atoms with E-state index in [-0.39, 0.29) is 31.0 Å². The molecule has 6 nitrogen and oxygen atoms in total. The van der Waals surface area contributed by atoms with Crippen molar-refractivity contribution in [2.75, 3.05) is 24.6 Å². The van der Waals surface area contributed by atoms with Gasteiger partial charge in [0, 0.05) is 31.8 Å².